The molecule has 0 aliphatic rings. The molecule has 0 saturated carbocycles. The minimum absolute atomic E-state index is 0.0947. The lowest BCUT2D eigenvalue weighted by Gasteiger charge is -2.16. The molecule has 17 heavy (non-hydrogen) atoms. The second-order valence-electron chi connectivity index (χ2n) is 4.40. The van der Waals surface area contributed by atoms with E-state index in [1.165, 1.54) is 0 Å². The topological polar surface area (TPSA) is 52.9 Å². The molecule has 0 aromatic heterocycles. The molecule has 0 aliphatic heterocycles. The van der Waals surface area contributed by atoms with E-state index in [0.29, 0.717) is 5.92 Å². The minimum atomic E-state index is -0.0947. The number of para-hydroxylation sites is 1. The number of nitrogens with zero attached hydrogens (tertiary/aromatic N) is 1. The first-order chi connectivity index (χ1) is 8.06. The molecule has 0 radical (unpaired) electrons. The number of anilines is 1. The predicted octanol–water partition coefficient (Wildman–Crippen LogP) is 3.36. The maximum atomic E-state index is 11.6. The Morgan fingerprint density at radius 1 is 1.47 bits per heavy atom. The van der Waals surface area contributed by atoms with Crippen molar-refractivity contribution in [3.63, 3.8) is 0 Å². The van der Waals surface area contributed by atoms with Gasteiger partial charge < -0.3 is 5.32 Å². The molecule has 0 unspecified atom stereocenters. The fourth-order valence-corrected chi connectivity index (χ4v) is 1.71. The number of hydrogen-bond donors (Lipinski definition) is 1. The maximum Gasteiger partial charge on any atom is 0.225 e. The van der Waals surface area contributed by atoms with Crippen molar-refractivity contribution in [2.45, 2.75) is 39.5 Å². The van der Waals surface area contributed by atoms with Crippen molar-refractivity contribution in [2.75, 3.05) is 5.32 Å². The van der Waals surface area contributed by atoms with Crippen LogP contribution in [-0.4, -0.2) is 5.91 Å². The fraction of sp³-hybridized carbons (Fsp3) is 0.429. The number of amides is 1. The van der Waals surface area contributed by atoms with Gasteiger partial charge in [0.15, 0.2) is 0 Å². The molecule has 1 N–H and O–H groups in total. The summed E-state index contributed by atoms with van der Waals surface area (Å²) < 4.78 is 0. The summed E-state index contributed by atoms with van der Waals surface area (Å²) in [5, 5.41) is 11.4. The van der Waals surface area contributed by atoms with Gasteiger partial charge in [0.1, 0.15) is 0 Å². The highest BCUT2D eigenvalue weighted by Gasteiger charge is 2.11. The largest absolute Gasteiger partial charge is 0.326 e. The van der Waals surface area contributed by atoms with Crippen molar-refractivity contribution in [2.24, 2.45) is 0 Å². The van der Waals surface area contributed by atoms with Gasteiger partial charge >= 0.3 is 0 Å². The third-order valence-corrected chi connectivity index (χ3v) is 2.66. The van der Waals surface area contributed by atoms with Gasteiger partial charge in [0.25, 0.3) is 0 Å². The molecule has 0 heterocycles. The molecule has 0 saturated heterocycles. The van der Waals surface area contributed by atoms with Crippen LogP contribution in [0.5, 0.6) is 0 Å². The normalized spacial score (nSPS) is 10.1. The summed E-state index contributed by atoms with van der Waals surface area (Å²) in [6.45, 7) is 6.17. The van der Waals surface area contributed by atoms with Gasteiger partial charge in [0.05, 0.1) is 6.07 Å². The smallest absolute Gasteiger partial charge is 0.225 e. The standard InChI is InChI=1S/C14H18N2O/c1-10(2)12-7-4-6-11(3)14(12)16-13(17)8-5-9-15/h4,6-7,10H,5,8H2,1-3H3,(H,16,17). The van der Waals surface area contributed by atoms with Gasteiger partial charge in [-0.1, -0.05) is 32.0 Å². The van der Waals surface area contributed by atoms with Crippen molar-refractivity contribution in [3.05, 3.63) is 29.3 Å². The van der Waals surface area contributed by atoms with Crippen LogP contribution in [0.15, 0.2) is 18.2 Å². The van der Waals surface area contributed by atoms with E-state index in [4.69, 9.17) is 5.26 Å². The van der Waals surface area contributed by atoms with E-state index in [-0.39, 0.29) is 18.7 Å². The Labute approximate surface area is 102 Å². The van der Waals surface area contributed by atoms with Gasteiger partial charge in [-0.25, -0.2) is 0 Å². The SMILES string of the molecule is Cc1cccc(C(C)C)c1NC(=O)CCC#N. The predicted molar refractivity (Wildman–Crippen MR) is 68.7 cm³/mol. The molecule has 0 aliphatic carbocycles. The lowest BCUT2D eigenvalue weighted by molar-refractivity contribution is -0.116. The maximum absolute atomic E-state index is 11.6. The summed E-state index contributed by atoms with van der Waals surface area (Å²) in [5.74, 6) is 0.268. The molecule has 1 aromatic carbocycles. The monoisotopic (exact) mass is 230 g/mol. The van der Waals surface area contributed by atoms with Crippen molar-refractivity contribution < 1.29 is 4.79 Å². The minimum Gasteiger partial charge on any atom is -0.326 e. The van der Waals surface area contributed by atoms with E-state index in [9.17, 15) is 4.79 Å². The van der Waals surface area contributed by atoms with Gasteiger partial charge in [-0.3, -0.25) is 4.79 Å². The zero-order valence-corrected chi connectivity index (χ0v) is 10.6. The van der Waals surface area contributed by atoms with Gasteiger partial charge in [0.2, 0.25) is 5.91 Å². The van der Waals surface area contributed by atoms with Crippen LogP contribution >= 0.6 is 0 Å². The van der Waals surface area contributed by atoms with E-state index in [0.717, 1.165) is 16.8 Å². The average molecular weight is 230 g/mol. The van der Waals surface area contributed by atoms with Crippen molar-refractivity contribution in [1.82, 2.24) is 0 Å². The average Bonchev–Trinajstić information content (AvgIpc) is 2.28. The van der Waals surface area contributed by atoms with Crippen LogP contribution in [0.3, 0.4) is 0 Å². The van der Waals surface area contributed by atoms with Crippen LogP contribution < -0.4 is 5.32 Å². The summed E-state index contributed by atoms with van der Waals surface area (Å²) in [4.78, 5) is 11.6. The number of nitrogens with one attached hydrogen (secondary N) is 1. The zero-order valence-electron chi connectivity index (χ0n) is 10.6. The molecular formula is C14H18N2O. The summed E-state index contributed by atoms with van der Waals surface area (Å²) in [5.41, 5.74) is 3.09. The van der Waals surface area contributed by atoms with Gasteiger partial charge in [0, 0.05) is 18.5 Å². The van der Waals surface area contributed by atoms with Crippen LogP contribution in [0.4, 0.5) is 5.69 Å². The first-order valence-corrected chi connectivity index (χ1v) is 5.82. The van der Waals surface area contributed by atoms with Crippen LogP contribution in [0, 0.1) is 18.3 Å². The van der Waals surface area contributed by atoms with E-state index in [1.54, 1.807) is 0 Å². The highest BCUT2D eigenvalue weighted by molar-refractivity contribution is 5.92. The molecule has 0 spiro atoms. The molecule has 3 nitrogen and oxygen atoms in total. The summed E-state index contributed by atoms with van der Waals surface area (Å²) >= 11 is 0. The second-order valence-corrected chi connectivity index (χ2v) is 4.40. The quantitative estimate of drug-likeness (QED) is 0.862. The molecule has 0 fully saturated rings. The molecular weight excluding hydrogens is 212 g/mol. The molecule has 90 valence electrons. The Kier molecular flexibility index (Phi) is 4.71. The Morgan fingerprint density at radius 3 is 2.76 bits per heavy atom. The first-order valence-electron chi connectivity index (χ1n) is 5.82. The van der Waals surface area contributed by atoms with Gasteiger partial charge in [-0.15, -0.1) is 0 Å². The first kappa shape index (κ1) is 13.2. The van der Waals surface area contributed by atoms with E-state index < -0.39 is 0 Å². The highest BCUT2D eigenvalue weighted by Crippen LogP contribution is 2.27. The third kappa shape index (κ3) is 3.60. The number of aryl methyl sites for hydroxylation is 1. The lowest BCUT2D eigenvalue weighted by Crippen LogP contribution is -2.14. The van der Waals surface area contributed by atoms with Gasteiger partial charge in [-0.2, -0.15) is 5.26 Å². The number of benzene rings is 1. The molecule has 1 rings (SSSR count). The summed E-state index contributed by atoms with van der Waals surface area (Å²) in [6, 6.07) is 7.97. The molecule has 3 heteroatoms. The molecule has 1 aromatic rings. The van der Waals surface area contributed by atoms with E-state index in [2.05, 4.69) is 19.2 Å². The highest BCUT2D eigenvalue weighted by atomic mass is 16.1. The van der Waals surface area contributed by atoms with Gasteiger partial charge in [-0.05, 0) is 24.0 Å². The van der Waals surface area contributed by atoms with E-state index in [1.807, 2.05) is 31.2 Å². The Bertz CT molecular complexity index is 444. The summed E-state index contributed by atoms with van der Waals surface area (Å²) in [6.07, 6.45) is 0.511. The fourth-order valence-electron chi connectivity index (χ4n) is 1.71. The van der Waals surface area contributed by atoms with Crippen molar-refractivity contribution in [1.29, 1.82) is 5.26 Å². The lowest BCUT2D eigenvalue weighted by atomic mass is 9.98. The van der Waals surface area contributed by atoms with Crippen LogP contribution in [-0.2, 0) is 4.79 Å². The Morgan fingerprint density at radius 2 is 2.18 bits per heavy atom. The molecule has 0 atom stereocenters. The number of nitriles is 1. The molecule has 0 bridgehead atoms. The zero-order chi connectivity index (χ0) is 12.8. The van der Waals surface area contributed by atoms with Crippen LogP contribution in [0.1, 0.15) is 43.7 Å². The second kappa shape index (κ2) is 6.05. The number of hydrogen-bond acceptors (Lipinski definition) is 2. The Hall–Kier alpha value is -1.82. The van der Waals surface area contributed by atoms with Crippen molar-refractivity contribution >= 4 is 11.6 Å². The Balaban J connectivity index is 2.90. The van der Waals surface area contributed by atoms with Crippen LogP contribution in [0.25, 0.3) is 0 Å². The van der Waals surface area contributed by atoms with Crippen molar-refractivity contribution in [3.8, 4) is 6.07 Å². The number of carbonyl (C=O) groups is 1. The number of carbonyl (C=O) groups excluding carboxylic acids is 1. The number of rotatable bonds is 4. The summed E-state index contributed by atoms with van der Waals surface area (Å²) in [7, 11) is 0. The molecule has 1 amide bonds. The van der Waals surface area contributed by atoms with E-state index >= 15 is 0 Å². The van der Waals surface area contributed by atoms with Crippen LogP contribution in [0.2, 0.25) is 0 Å². The third-order valence-electron chi connectivity index (χ3n) is 2.66.